The second kappa shape index (κ2) is 5.98. The summed E-state index contributed by atoms with van der Waals surface area (Å²) in [7, 11) is 0. The van der Waals surface area contributed by atoms with Gasteiger partial charge in [0.05, 0.1) is 5.56 Å². The molecule has 1 aliphatic carbocycles. The molecule has 1 aliphatic rings. The first-order valence-electron chi connectivity index (χ1n) is 6.96. The van der Waals surface area contributed by atoms with Crippen LogP contribution in [0, 0.1) is 5.82 Å². The van der Waals surface area contributed by atoms with Crippen LogP contribution < -0.4 is 5.32 Å². The van der Waals surface area contributed by atoms with Crippen LogP contribution in [0.4, 0.5) is 4.39 Å². The molecule has 0 radical (unpaired) electrons. The lowest BCUT2D eigenvalue weighted by Gasteiger charge is -2.25. The molecule has 0 fully saturated rings. The van der Waals surface area contributed by atoms with Crippen molar-refractivity contribution >= 4 is 21.8 Å². The Morgan fingerprint density at radius 3 is 2.76 bits per heavy atom. The molecule has 0 aliphatic heterocycles. The Labute approximate surface area is 131 Å². The van der Waals surface area contributed by atoms with Crippen molar-refractivity contribution in [3.8, 4) is 0 Å². The van der Waals surface area contributed by atoms with E-state index in [0.29, 0.717) is 10.0 Å². The smallest absolute Gasteiger partial charge is 0.252 e. The summed E-state index contributed by atoms with van der Waals surface area (Å²) in [5, 5.41) is 3.01. The van der Waals surface area contributed by atoms with E-state index in [2.05, 4.69) is 33.4 Å². The van der Waals surface area contributed by atoms with Gasteiger partial charge in [-0.1, -0.05) is 24.3 Å². The maximum Gasteiger partial charge on any atom is 0.252 e. The van der Waals surface area contributed by atoms with E-state index < -0.39 is 5.82 Å². The summed E-state index contributed by atoms with van der Waals surface area (Å²) in [5.74, 6) is -0.636. The van der Waals surface area contributed by atoms with Gasteiger partial charge in [0.2, 0.25) is 0 Å². The Morgan fingerprint density at radius 2 is 1.95 bits per heavy atom. The Morgan fingerprint density at radius 1 is 1.19 bits per heavy atom. The molecule has 0 saturated carbocycles. The predicted molar refractivity (Wildman–Crippen MR) is 83.8 cm³/mol. The molecule has 2 aromatic rings. The van der Waals surface area contributed by atoms with Crippen LogP contribution in [0.1, 0.15) is 27.9 Å². The third-order valence-corrected chi connectivity index (χ3v) is 4.55. The van der Waals surface area contributed by atoms with Crippen LogP contribution in [0.15, 0.2) is 46.9 Å². The first kappa shape index (κ1) is 14.3. The Hall–Kier alpha value is -1.68. The standard InChI is InChI=1S/C17H15BrFNO/c18-16-8-6-13(19)10-15(16)17(21)20-14-7-5-11-3-1-2-4-12(11)9-14/h1-4,6,8,10,14H,5,7,9H2,(H,20,21). The largest absolute Gasteiger partial charge is 0.349 e. The normalized spacial score (nSPS) is 17.1. The first-order chi connectivity index (χ1) is 10.1. The lowest BCUT2D eigenvalue weighted by Crippen LogP contribution is -2.39. The zero-order valence-electron chi connectivity index (χ0n) is 11.4. The van der Waals surface area contributed by atoms with Crippen LogP contribution in [0.5, 0.6) is 0 Å². The van der Waals surface area contributed by atoms with Crippen LogP contribution >= 0.6 is 15.9 Å². The van der Waals surface area contributed by atoms with Gasteiger partial charge in [0.1, 0.15) is 5.82 Å². The summed E-state index contributed by atoms with van der Waals surface area (Å²) in [5.41, 5.74) is 2.98. The van der Waals surface area contributed by atoms with Gasteiger partial charge in [0.15, 0.2) is 0 Å². The molecule has 1 unspecified atom stereocenters. The average molecular weight is 348 g/mol. The molecule has 2 aromatic carbocycles. The number of carbonyl (C=O) groups excluding carboxylic acids is 1. The van der Waals surface area contributed by atoms with Gasteiger partial charge in [0.25, 0.3) is 5.91 Å². The van der Waals surface area contributed by atoms with Gasteiger partial charge < -0.3 is 5.32 Å². The van der Waals surface area contributed by atoms with E-state index in [4.69, 9.17) is 0 Å². The fourth-order valence-electron chi connectivity index (χ4n) is 2.76. The minimum absolute atomic E-state index is 0.0996. The predicted octanol–water partition coefficient (Wildman–Crippen LogP) is 3.88. The van der Waals surface area contributed by atoms with E-state index in [9.17, 15) is 9.18 Å². The molecule has 0 spiro atoms. The SMILES string of the molecule is O=C(NC1CCc2ccccc2C1)c1cc(F)ccc1Br. The number of hydrogen-bond donors (Lipinski definition) is 1. The minimum atomic E-state index is -0.405. The summed E-state index contributed by atoms with van der Waals surface area (Å²) >= 11 is 3.29. The topological polar surface area (TPSA) is 29.1 Å². The summed E-state index contributed by atoms with van der Waals surface area (Å²) in [6.07, 6.45) is 2.70. The Bertz CT molecular complexity index is 686. The lowest BCUT2D eigenvalue weighted by molar-refractivity contribution is 0.0932. The second-order valence-electron chi connectivity index (χ2n) is 5.31. The van der Waals surface area contributed by atoms with Crippen molar-refractivity contribution in [1.82, 2.24) is 5.32 Å². The van der Waals surface area contributed by atoms with Gasteiger partial charge in [-0.2, -0.15) is 0 Å². The molecular weight excluding hydrogens is 333 g/mol. The van der Waals surface area contributed by atoms with E-state index >= 15 is 0 Å². The van der Waals surface area contributed by atoms with Crippen LogP contribution in [0.3, 0.4) is 0 Å². The maximum absolute atomic E-state index is 13.3. The monoisotopic (exact) mass is 347 g/mol. The zero-order valence-corrected chi connectivity index (χ0v) is 13.0. The van der Waals surface area contributed by atoms with Gasteiger partial charge in [-0.25, -0.2) is 4.39 Å². The summed E-state index contributed by atoms with van der Waals surface area (Å²) in [6, 6.07) is 12.5. The number of fused-ring (bicyclic) bond motifs is 1. The van der Waals surface area contributed by atoms with Crippen molar-refractivity contribution in [2.24, 2.45) is 0 Å². The van der Waals surface area contributed by atoms with Crippen LogP contribution in [-0.4, -0.2) is 11.9 Å². The molecule has 4 heteroatoms. The quantitative estimate of drug-likeness (QED) is 0.877. The highest BCUT2D eigenvalue weighted by Gasteiger charge is 2.21. The number of halogens is 2. The van der Waals surface area contributed by atoms with Crippen molar-refractivity contribution in [3.63, 3.8) is 0 Å². The summed E-state index contributed by atoms with van der Waals surface area (Å²) < 4.78 is 13.9. The van der Waals surface area contributed by atoms with Gasteiger partial charge in [-0.05, 0) is 64.5 Å². The highest BCUT2D eigenvalue weighted by Crippen LogP contribution is 2.22. The number of nitrogens with one attached hydrogen (secondary N) is 1. The highest BCUT2D eigenvalue weighted by molar-refractivity contribution is 9.10. The van der Waals surface area contributed by atoms with Crippen molar-refractivity contribution in [1.29, 1.82) is 0 Å². The fraction of sp³-hybridized carbons (Fsp3) is 0.235. The fourth-order valence-corrected chi connectivity index (χ4v) is 3.18. The molecule has 21 heavy (non-hydrogen) atoms. The average Bonchev–Trinajstić information content (AvgIpc) is 2.49. The number of carbonyl (C=O) groups is 1. The second-order valence-corrected chi connectivity index (χ2v) is 6.16. The Balaban J connectivity index is 1.73. The molecule has 0 heterocycles. The summed E-state index contributed by atoms with van der Waals surface area (Å²) in [6.45, 7) is 0. The molecule has 0 bridgehead atoms. The number of hydrogen-bond acceptors (Lipinski definition) is 1. The molecule has 3 rings (SSSR count). The molecule has 0 saturated heterocycles. The first-order valence-corrected chi connectivity index (χ1v) is 7.75. The van der Waals surface area contributed by atoms with Crippen molar-refractivity contribution in [2.45, 2.75) is 25.3 Å². The molecule has 2 nitrogen and oxygen atoms in total. The molecule has 1 atom stereocenters. The Kier molecular flexibility index (Phi) is 4.06. The zero-order chi connectivity index (χ0) is 14.8. The van der Waals surface area contributed by atoms with Crippen molar-refractivity contribution in [3.05, 3.63) is 69.4 Å². The van der Waals surface area contributed by atoms with Gasteiger partial charge in [-0.15, -0.1) is 0 Å². The third kappa shape index (κ3) is 3.16. The van der Waals surface area contributed by atoms with E-state index in [1.807, 2.05) is 12.1 Å². The molecule has 0 aromatic heterocycles. The lowest BCUT2D eigenvalue weighted by atomic mass is 9.88. The van der Waals surface area contributed by atoms with Crippen molar-refractivity contribution in [2.75, 3.05) is 0 Å². The maximum atomic E-state index is 13.3. The third-order valence-electron chi connectivity index (χ3n) is 3.86. The molecular formula is C17H15BrFNO. The van der Waals surface area contributed by atoms with E-state index in [0.717, 1.165) is 19.3 Å². The van der Waals surface area contributed by atoms with Gasteiger partial charge in [-0.3, -0.25) is 4.79 Å². The van der Waals surface area contributed by atoms with Crippen LogP contribution in [0.2, 0.25) is 0 Å². The van der Waals surface area contributed by atoms with E-state index in [1.165, 1.54) is 23.3 Å². The molecule has 108 valence electrons. The van der Waals surface area contributed by atoms with Gasteiger partial charge >= 0.3 is 0 Å². The highest BCUT2D eigenvalue weighted by atomic mass is 79.9. The minimum Gasteiger partial charge on any atom is -0.349 e. The van der Waals surface area contributed by atoms with Gasteiger partial charge in [0, 0.05) is 10.5 Å². The van der Waals surface area contributed by atoms with Crippen LogP contribution in [0.25, 0.3) is 0 Å². The number of amides is 1. The van der Waals surface area contributed by atoms with E-state index in [-0.39, 0.29) is 11.9 Å². The number of aryl methyl sites for hydroxylation is 1. The van der Waals surface area contributed by atoms with E-state index in [1.54, 1.807) is 6.07 Å². The van der Waals surface area contributed by atoms with Crippen LogP contribution in [-0.2, 0) is 12.8 Å². The number of benzene rings is 2. The molecule has 1 amide bonds. The van der Waals surface area contributed by atoms with Crippen molar-refractivity contribution < 1.29 is 9.18 Å². The summed E-state index contributed by atoms with van der Waals surface area (Å²) in [4.78, 5) is 12.3. The number of rotatable bonds is 2. The molecule has 1 N–H and O–H groups in total.